The molecule has 2 heterocycles. The van der Waals surface area contributed by atoms with Gasteiger partial charge in [-0.1, -0.05) is 24.3 Å². The molecule has 1 aromatic carbocycles. The third-order valence-corrected chi connectivity index (χ3v) is 9.01. The zero-order chi connectivity index (χ0) is 17.3. The van der Waals surface area contributed by atoms with Crippen LogP contribution in [0.4, 0.5) is 5.69 Å². The van der Waals surface area contributed by atoms with E-state index in [9.17, 15) is 0 Å². The van der Waals surface area contributed by atoms with Gasteiger partial charge in [0.1, 0.15) is 11.0 Å². The first-order valence-corrected chi connectivity index (χ1v) is 12.2. The molecule has 134 valence electrons. The molecule has 2 aliphatic heterocycles. The van der Waals surface area contributed by atoms with Crippen molar-refractivity contribution in [2.45, 2.75) is 25.7 Å². The summed E-state index contributed by atoms with van der Waals surface area (Å²) >= 11 is 12.2. The molecule has 0 unspecified atom stereocenters. The van der Waals surface area contributed by atoms with E-state index in [4.69, 9.17) is 27.9 Å². The number of halogens is 1. The van der Waals surface area contributed by atoms with Crippen LogP contribution in [0, 0.1) is 0 Å². The van der Waals surface area contributed by atoms with Crippen molar-refractivity contribution < 1.29 is 9.42 Å². The number of benzene rings is 1. The van der Waals surface area contributed by atoms with Gasteiger partial charge in [0.15, 0.2) is 0 Å². The number of alkyl halides is 1. The fourth-order valence-corrected chi connectivity index (χ4v) is 7.91. The monoisotopic (exact) mass is 396 g/mol. The van der Waals surface area contributed by atoms with Gasteiger partial charge < -0.3 is 9.42 Å². The molecule has 3 aliphatic rings. The van der Waals surface area contributed by atoms with Crippen LogP contribution in [0.2, 0.25) is 0 Å². The van der Waals surface area contributed by atoms with E-state index < -0.39 is 6.42 Å². The number of para-hydroxylation sites is 1. The number of quaternary nitrogens is 1. The molecule has 1 aromatic rings. The fourth-order valence-electron chi connectivity index (χ4n) is 3.95. The molecule has 1 atom stereocenters. The highest BCUT2D eigenvalue weighted by molar-refractivity contribution is 8.15. The largest absolute Gasteiger partial charge is 0.328 e. The van der Waals surface area contributed by atoms with Crippen molar-refractivity contribution in [3.05, 3.63) is 53.1 Å². The molecule has 0 spiro atoms. The number of hydrogen-bond donors (Lipinski definition) is 2. The Morgan fingerprint density at radius 1 is 1.24 bits per heavy atom. The summed E-state index contributed by atoms with van der Waals surface area (Å²) in [4.78, 5) is 1.60. The fraction of sp³-hybridized carbons (Fsp3) is 0.444. The maximum absolute atomic E-state index is 6.31. The van der Waals surface area contributed by atoms with Crippen molar-refractivity contribution in [3.8, 4) is 0 Å². The second kappa shape index (κ2) is 7.42. The number of fused-ring (bicyclic) bond motifs is 1. The molecule has 2 saturated heterocycles. The molecule has 4 rings (SSSR count). The quantitative estimate of drug-likeness (QED) is 0.591. The van der Waals surface area contributed by atoms with Gasteiger partial charge in [0, 0.05) is 25.1 Å². The van der Waals surface area contributed by atoms with Crippen LogP contribution in [0.25, 0.3) is 0 Å². The SMILES string of the molecule is S=[P@]1(OCCCl)C2=C([NH+]3CCCC3)CCC=C2NN1c1ccccc1. The maximum Gasteiger partial charge on any atom is 0.212 e. The Morgan fingerprint density at radius 2 is 2.00 bits per heavy atom. The summed E-state index contributed by atoms with van der Waals surface area (Å²) in [6.45, 7) is 2.90. The highest BCUT2D eigenvalue weighted by Gasteiger charge is 2.46. The van der Waals surface area contributed by atoms with E-state index in [1.54, 1.807) is 4.90 Å². The van der Waals surface area contributed by atoms with Gasteiger partial charge in [-0.2, -0.15) is 0 Å². The van der Waals surface area contributed by atoms with Gasteiger partial charge in [-0.15, -0.1) is 11.6 Å². The van der Waals surface area contributed by atoms with E-state index in [0.29, 0.717) is 12.5 Å². The topological polar surface area (TPSA) is 28.9 Å². The molecule has 0 saturated carbocycles. The van der Waals surface area contributed by atoms with Crippen molar-refractivity contribution in [2.24, 2.45) is 0 Å². The maximum atomic E-state index is 6.31. The Hall–Kier alpha value is -0.840. The lowest BCUT2D eigenvalue weighted by Crippen LogP contribution is -3.08. The van der Waals surface area contributed by atoms with Gasteiger partial charge in [-0.05, 0) is 30.4 Å². The Labute approximate surface area is 159 Å². The van der Waals surface area contributed by atoms with Gasteiger partial charge in [0.2, 0.25) is 6.42 Å². The Kier molecular flexibility index (Phi) is 5.21. The molecule has 0 radical (unpaired) electrons. The number of hydrazine groups is 1. The lowest BCUT2D eigenvalue weighted by molar-refractivity contribution is -0.849. The standard InChI is InChI=1S/C18H23ClN3OPS/c19-11-14-23-24(25)18-16(20-22(24)15-7-2-1-3-8-15)9-6-10-17(18)21-12-4-5-13-21/h1-3,7-9,20H,4-6,10-14H2/p+1/t24-/m1/s1. The average molecular weight is 397 g/mol. The smallest absolute Gasteiger partial charge is 0.212 e. The highest BCUT2D eigenvalue weighted by atomic mass is 35.5. The Balaban J connectivity index is 1.81. The minimum atomic E-state index is -2.40. The molecule has 7 heteroatoms. The summed E-state index contributed by atoms with van der Waals surface area (Å²) in [6, 6.07) is 10.3. The van der Waals surface area contributed by atoms with Crippen LogP contribution in [0.15, 0.2) is 53.1 Å². The number of nitrogens with one attached hydrogen (secondary N) is 2. The third kappa shape index (κ3) is 3.17. The average Bonchev–Trinajstić information content (AvgIpc) is 3.28. The second-order valence-electron chi connectivity index (χ2n) is 6.60. The van der Waals surface area contributed by atoms with Crippen molar-refractivity contribution in [2.75, 3.05) is 30.4 Å². The van der Waals surface area contributed by atoms with Crippen LogP contribution in [0.3, 0.4) is 0 Å². The zero-order valence-corrected chi connectivity index (χ0v) is 16.7. The number of likely N-dealkylation sites (tertiary alicyclic amines) is 1. The van der Waals surface area contributed by atoms with Gasteiger partial charge >= 0.3 is 0 Å². The number of rotatable bonds is 5. The molecule has 2 N–H and O–H groups in total. The summed E-state index contributed by atoms with van der Waals surface area (Å²) in [5.74, 6) is 0.458. The van der Waals surface area contributed by atoms with E-state index in [-0.39, 0.29) is 0 Å². The van der Waals surface area contributed by atoms with Crippen LogP contribution in [0.5, 0.6) is 0 Å². The first kappa shape index (κ1) is 17.6. The summed E-state index contributed by atoms with van der Waals surface area (Å²) in [5, 5.41) is 1.25. The summed E-state index contributed by atoms with van der Waals surface area (Å²) in [5.41, 5.74) is 7.24. The molecule has 0 bridgehead atoms. The Morgan fingerprint density at radius 3 is 2.72 bits per heavy atom. The second-order valence-corrected chi connectivity index (χ2v) is 10.6. The molecular formula is C18H24ClN3OPS+. The lowest BCUT2D eigenvalue weighted by atomic mass is 10.1. The first-order valence-electron chi connectivity index (χ1n) is 8.96. The predicted octanol–water partition coefficient (Wildman–Crippen LogP) is 3.14. The molecular weight excluding hydrogens is 373 g/mol. The number of anilines is 1. The summed E-state index contributed by atoms with van der Waals surface area (Å²) in [6.07, 6.45) is 4.63. The van der Waals surface area contributed by atoms with Gasteiger partial charge in [-0.3, -0.25) is 5.43 Å². The first-order chi connectivity index (χ1) is 12.2. The van der Waals surface area contributed by atoms with Gasteiger partial charge in [0.05, 0.1) is 31.1 Å². The van der Waals surface area contributed by atoms with E-state index >= 15 is 0 Å². The third-order valence-electron chi connectivity index (χ3n) is 5.03. The molecule has 0 aromatic heterocycles. The van der Waals surface area contributed by atoms with Crippen LogP contribution in [-0.2, 0) is 16.3 Å². The van der Waals surface area contributed by atoms with E-state index in [1.165, 1.54) is 36.9 Å². The van der Waals surface area contributed by atoms with Crippen molar-refractivity contribution in [3.63, 3.8) is 0 Å². The van der Waals surface area contributed by atoms with E-state index in [2.05, 4.69) is 28.4 Å². The number of nitrogens with zero attached hydrogens (tertiary/aromatic N) is 1. The summed E-state index contributed by atoms with van der Waals surface area (Å²) < 4.78 is 8.41. The minimum absolute atomic E-state index is 0.458. The lowest BCUT2D eigenvalue weighted by Gasteiger charge is -2.30. The minimum Gasteiger partial charge on any atom is -0.328 e. The van der Waals surface area contributed by atoms with Crippen LogP contribution in [0.1, 0.15) is 25.7 Å². The van der Waals surface area contributed by atoms with Crippen molar-refractivity contribution >= 4 is 35.5 Å². The van der Waals surface area contributed by atoms with E-state index in [1.807, 2.05) is 18.2 Å². The molecule has 25 heavy (non-hydrogen) atoms. The normalized spacial score (nSPS) is 26.6. The zero-order valence-electron chi connectivity index (χ0n) is 14.2. The molecule has 2 fully saturated rings. The van der Waals surface area contributed by atoms with Crippen molar-refractivity contribution in [1.29, 1.82) is 0 Å². The van der Waals surface area contributed by atoms with E-state index in [0.717, 1.165) is 24.2 Å². The number of allylic oxidation sites excluding steroid dienone is 3. The van der Waals surface area contributed by atoms with Crippen LogP contribution >= 0.6 is 18.0 Å². The highest BCUT2D eigenvalue weighted by Crippen LogP contribution is 2.66. The predicted molar refractivity (Wildman–Crippen MR) is 107 cm³/mol. The van der Waals surface area contributed by atoms with Gasteiger partial charge in [-0.25, -0.2) is 4.78 Å². The Bertz CT molecular complexity index is 746. The molecule has 0 amide bonds. The molecule has 1 aliphatic carbocycles. The summed E-state index contributed by atoms with van der Waals surface area (Å²) in [7, 11) is 0. The molecule has 4 nitrogen and oxygen atoms in total. The van der Waals surface area contributed by atoms with Crippen LogP contribution in [-0.4, -0.2) is 25.6 Å². The van der Waals surface area contributed by atoms with Crippen LogP contribution < -0.4 is 15.1 Å². The van der Waals surface area contributed by atoms with Crippen molar-refractivity contribution in [1.82, 2.24) is 5.43 Å². The van der Waals surface area contributed by atoms with Gasteiger partial charge in [0.25, 0.3) is 0 Å². The number of hydrogen-bond acceptors (Lipinski definition) is 3.